The van der Waals surface area contributed by atoms with E-state index < -0.39 is 0 Å². The highest BCUT2D eigenvalue weighted by atomic mass is 127. The number of fused-ring (bicyclic) bond motifs is 2. The molecule has 0 radical (unpaired) electrons. The molecular formula is C24H34INO2. The molecule has 2 aromatic rings. The fourth-order valence-electron chi connectivity index (χ4n) is 4.92. The normalized spacial score (nSPS) is 22.8. The largest absolute Gasteiger partial charge is 1.00 e. The second kappa shape index (κ2) is 10.5. The Morgan fingerprint density at radius 3 is 2.64 bits per heavy atom. The van der Waals surface area contributed by atoms with Crippen LogP contribution < -0.4 is 33.6 Å². The first kappa shape index (κ1) is 23.0. The van der Waals surface area contributed by atoms with Crippen LogP contribution in [-0.4, -0.2) is 24.2 Å². The van der Waals surface area contributed by atoms with E-state index in [1.54, 1.807) is 4.90 Å². The van der Waals surface area contributed by atoms with E-state index in [4.69, 9.17) is 4.74 Å². The molecule has 0 bridgehead atoms. The van der Waals surface area contributed by atoms with Crippen LogP contribution in [0.25, 0.3) is 0 Å². The van der Waals surface area contributed by atoms with E-state index in [0.29, 0.717) is 24.0 Å². The Morgan fingerprint density at radius 1 is 1.11 bits per heavy atom. The van der Waals surface area contributed by atoms with E-state index in [0.717, 1.165) is 30.0 Å². The number of rotatable bonds is 5. The van der Waals surface area contributed by atoms with Crippen molar-refractivity contribution in [3.63, 3.8) is 0 Å². The summed E-state index contributed by atoms with van der Waals surface area (Å²) in [5, 5.41) is 10.8. The van der Waals surface area contributed by atoms with Crippen molar-refractivity contribution in [3.8, 4) is 11.5 Å². The van der Waals surface area contributed by atoms with E-state index in [-0.39, 0.29) is 31.4 Å². The Bertz CT molecular complexity index is 748. The minimum Gasteiger partial charge on any atom is -1.00 e. The molecule has 4 heteroatoms. The minimum absolute atomic E-state index is 0. The van der Waals surface area contributed by atoms with Gasteiger partial charge in [-0.3, -0.25) is 0 Å². The molecular weight excluding hydrogens is 461 g/mol. The van der Waals surface area contributed by atoms with Crippen molar-refractivity contribution in [2.75, 3.05) is 13.1 Å². The number of hydrogen-bond acceptors (Lipinski definition) is 2. The molecule has 3 nitrogen and oxygen atoms in total. The van der Waals surface area contributed by atoms with Crippen molar-refractivity contribution < 1.29 is 38.7 Å². The number of aromatic hydroxyl groups is 1. The zero-order valence-electron chi connectivity index (χ0n) is 16.1. The number of hydrogen-bond donors (Lipinski definition) is 2. The smallest absolute Gasteiger partial charge is 0.161 e. The number of piperidine rings is 1. The van der Waals surface area contributed by atoms with Crippen molar-refractivity contribution in [1.82, 2.24) is 0 Å². The molecule has 1 fully saturated rings. The number of phenols is 1. The first-order valence-corrected chi connectivity index (χ1v) is 10.1. The molecule has 1 aliphatic carbocycles. The van der Waals surface area contributed by atoms with E-state index in [1.165, 1.54) is 37.9 Å². The molecule has 2 aliphatic rings. The molecule has 0 amide bonds. The summed E-state index contributed by atoms with van der Waals surface area (Å²) in [6.07, 6.45) is 5.97. The van der Waals surface area contributed by atoms with Crippen LogP contribution in [0.4, 0.5) is 0 Å². The van der Waals surface area contributed by atoms with Gasteiger partial charge in [0.2, 0.25) is 0 Å². The lowest BCUT2D eigenvalue weighted by molar-refractivity contribution is -0.935. The molecule has 4 rings (SSSR count). The van der Waals surface area contributed by atoms with Gasteiger partial charge in [-0.05, 0) is 42.9 Å². The van der Waals surface area contributed by atoms with Crippen LogP contribution in [0.15, 0.2) is 42.5 Å². The summed E-state index contributed by atoms with van der Waals surface area (Å²) in [5.41, 5.74) is 3.58. The molecule has 154 valence electrons. The van der Waals surface area contributed by atoms with E-state index in [9.17, 15) is 5.11 Å². The van der Waals surface area contributed by atoms with Gasteiger partial charge in [-0.15, -0.1) is 0 Å². The molecule has 0 saturated carbocycles. The van der Waals surface area contributed by atoms with Crippen LogP contribution >= 0.6 is 0 Å². The number of benzene rings is 2. The number of quaternary nitrogens is 1. The van der Waals surface area contributed by atoms with Gasteiger partial charge in [0, 0.05) is 17.9 Å². The second-order valence-electron chi connectivity index (χ2n) is 7.90. The molecule has 1 heterocycles. The zero-order valence-corrected chi connectivity index (χ0v) is 18.2. The van der Waals surface area contributed by atoms with Gasteiger partial charge in [0.1, 0.15) is 6.61 Å². The highest BCUT2D eigenvalue weighted by Gasteiger charge is 2.39. The fourth-order valence-corrected chi connectivity index (χ4v) is 4.92. The van der Waals surface area contributed by atoms with Gasteiger partial charge < -0.3 is 38.7 Å². The van der Waals surface area contributed by atoms with Crippen LogP contribution in [0.2, 0.25) is 0 Å². The second-order valence-corrected chi connectivity index (χ2v) is 7.90. The summed E-state index contributed by atoms with van der Waals surface area (Å²) in [5.74, 6) is 1.70. The molecule has 3 atom stereocenters. The summed E-state index contributed by atoms with van der Waals surface area (Å²) in [7, 11) is 0. The maximum Gasteiger partial charge on any atom is 0.161 e. The van der Waals surface area contributed by atoms with Gasteiger partial charge in [-0.1, -0.05) is 50.7 Å². The number of likely N-dealkylation sites (tertiary alicyclic amines) is 1. The first-order valence-electron chi connectivity index (χ1n) is 10.1. The lowest BCUT2D eigenvalue weighted by Gasteiger charge is -2.42. The van der Waals surface area contributed by atoms with Crippen LogP contribution in [0.1, 0.15) is 50.3 Å². The molecule has 1 saturated heterocycles. The van der Waals surface area contributed by atoms with Crippen LogP contribution in [0.3, 0.4) is 0 Å². The summed E-state index contributed by atoms with van der Waals surface area (Å²) >= 11 is 0. The van der Waals surface area contributed by atoms with Crippen molar-refractivity contribution in [2.24, 2.45) is 5.92 Å². The molecule has 0 aromatic heterocycles. The molecule has 1 aliphatic heterocycles. The summed E-state index contributed by atoms with van der Waals surface area (Å²) < 4.78 is 5.93. The summed E-state index contributed by atoms with van der Waals surface area (Å²) in [6, 6.07) is 15.0. The van der Waals surface area contributed by atoms with Crippen LogP contribution in [0, 0.1) is 5.92 Å². The third-order valence-electron chi connectivity index (χ3n) is 6.22. The highest BCUT2D eigenvalue weighted by molar-refractivity contribution is 5.51. The summed E-state index contributed by atoms with van der Waals surface area (Å²) in [4.78, 5) is 1.78. The van der Waals surface area contributed by atoms with Gasteiger partial charge >= 0.3 is 0 Å². The Kier molecular flexibility index (Phi) is 8.62. The molecule has 2 N–H and O–H groups in total. The molecule has 0 spiro atoms. The number of halogens is 1. The van der Waals surface area contributed by atoms with E-state index in [2.05, 4.69) is 13.0 Å². The number of phenolic OH excluding ortho intramolecular Hbond substituents is 1. The van der Waals surface area contributed by atoms with E-state index >= 15 is 0 Å². The van der Waals surface area contributed by atoms with Crippen LogP contribution in [-0.2, 0) is 19.4 Å². The lowest BCUT2D eigenvalue weighted by Crippen LogP contribution is -3.18. The third-order valence-corrected chi connectivity index (χ3v) is 6.22. The standard InChI is InChI=1S/C23H29NO2.CH4.HI/c1-2-12-24-13-6-9-19-14-20-18(15-21(19)24)10-11-22(23(20)25)26-16-17-7-4-3-5-8-17;;/h3-5,7-8,10-11,19,21,25H,2,6,9,12-16H2,1H3;1H4;1H/t19-,21-;;/m1../s1. The average Bonchev–Trinajstić information content (AvgIpc) is 2.68. The maximum absolute atomic E-state index is 10.8. The van der Waals surface area contributed by atoms with E-state index in [1.807, 2.05) is 36.4 Å². The molecule has 2 aromatic carbocycles. The van der Waals surface area contributed by atoms with Crippen molar-refractivity contribution in [1.29, 1.82) is 0 Å². The SMILES string of the molecule is C.CCC[NH+]1CCC[C@@H]2Cc3c(ccc(OCc4ccccc4)c3O)C[C@H]21.[I-]. The Morgan fingerprint density at radius 2 is 1.89 bits per heavy atom. The monoisotopic (exact) mass is 495 g/mol. The summed E-state index contributed by atoms with van der Waals surface area (Å²) in [6.45, 7) is 5.37. The quantitative estimate of drug-likeness (QED) is 0.602. The lowest BCUT2D eigenvalue weighted by atomic mass is 9.75. The third kappa shape index (κ3) is 4.82. The predicted molar refractivity (Wildman–Crippen MR) is 111 cm³/mol. The van der Waals surface area contributed by atoms with Gasteiger partial charge in [-0.25, -0.2) is 0 Å². The maximum atomic E-state index is 10.8. The Hall–Kier alpha value is -1.27. The Labute approximate surface area is 187 Å². The number of nitrogens with one attached hydrogen (secondary N) is 1. The Balaban J connectivity index is 0.00000140. The van der Waals surface area contributed by atoms with Gasteiger partial charge in [0.25, 0.3) is 0 Å². The molecule has 1 unspecified atom stereocenters. The first-order chi connectivity index (χ1) is 12.8. The zero-order chi connectivity index (χ0) is 17.9. The minimum atomic E-state index is 0. The fraction of sp³-hybridized carbons (Fsp3) is 0.500. The predicted octanol–water partition coefficient (Wildman–Crippen LogP) is 0.783. The highest BCUT2D eigenvalue weighted by Crippen LogP contribution is 2.39. The van der Waals surface area contributed by atoms with Crippen molar-refractivity contribution in [2.45, 2.75) is 59.1 Å². The molecule has 28 heavy (non-hydrogen) atoms. The van der Waals surface area contributed by atoms with Gasteiger partial charge in [0.05, 0.1) is 19.1 Å². The van der Waals surface area contributed by atoms with Crippen molar-refractivity contribution >= 4 is 0 Å². The van der Waals surface area contributed by atoms with Crippen LogP contribution in [0.5, 0.6) is 11.5 Å². The topological polar surface area (TPSA) is 33.9 Å². The average molecular weight is 495 g/mol. The van der Waals surface area contributed by atoms with Gasteiger partial charge in [0.15, 0.2) is 11.5 Å². The number of ether oxygens (including phenoxy) is 1. The van der Waals surface area contributed by atoms with Gasteiger partial charge in [-0.2, -0.15) is 0 Å². The van der Waals surface area contributed by atoms with Crippen molar-refractivity contribution in [3.05, 3.63) is 59.2 Å².